The lowest BCUT2D eigenvalue weighted by Gasteiger charge is -2.15. The number of benzene rings is 1. The van der Waals surface area contributed by atoms with Gasteiger partial charge in [-0.15, -0.1) is 0 Å². The molecule has 2 rings (SSSR count). The Balaban J connectivity index is 2.42. The van der Waals surface area contributed by atoms with Crippen LogP contribution in [0.1, 0.15) is 17.9 Å². The van der Waals surface area contributed by atoms with Crippen LogP contribution in [0.25, 0.3) is 10.9 Å². The molecule has 1 aromatic heterocycles. The number of rotatable bonds is 5. The van der Waals surface area contributed by atoms with E-state index in [4.69, 9.17) is 0 Å². The Hall–Kier alpha value is -1.81. The van der Waals surface area contributed by atoms with E-state index in [0.717, 1.165) is 23.0 Å². The molecule has 0 aliphatic carbocycles. The number of carboxylic acid groups (broad SMARTS) is 1. The van der Waals surface area contributed by atoms with E-state index in [-0.39, 0.29) is 0 Å². The maximum absolute atomic E-state index is 11.5. The minimum atomic E-state index is -0.752. The van der Waals surface area contributed by atoms with Crippen molar-refractivity contribution >= 4 is 16.9 Å². The molecule has 0 aliphatic heterocycles. The van der Waals surface area contributed by atoms with E-state index in [2.05, 4.69) is 0 Å². The van der Waals surface area contributed by atoms with Gasteiger partial charge in [-0.3, -0.25) is 4.79 Å². The van der Waals surface area contributed by atoms with Gasteiger partial charge < -0.3 is 14.6 Å². The second kappa shape index (κ2) is 5.45. The molecular weight excluding hydrogens is 240 g/mol. The maximum Gasteiger partial charge on any atom is 0.311 e. The lowest BCUT2D eigenvalue weighted by Crippen LogP contribution is -2.20. The Morgan fingerprint density at radius 1 is 1.37 bits per heavy atom. The highest BCUT2D eigenvalue weighted by Gasteiger charge is 2.23. The predicted molar refractivity (Wildman–Crippen MR) is 76.5 cm³/mol. The molecule has 4 heteroatoms. The average Bonchev–Trinajstić information content (AvgIpc) is 2.67. The van der Waals surface area contributed by atoms with E-state index in [1.807, 2.05) is 61.1 Å². The first kappa shape index (κ1) is 13.6. The Kier molecular flexibility index (Phi) is 3.90. The molecule has 1 atom stereocenters. The molecule has 19 heavy (non-hydrogen) atoms. The summed E-state index contributed by atoms with van der Waals surface area (Å²) in [5.41, 5.74) is 1.99. The number of aryl methyl sites for hydroxylation is 1. The van der Waals surface area contributed by atoms with E-state index in [0.29, 0.717) is 6.42 Å². The number of hydrogen-bond donors (Lipinski definition) is 1. The first-order chi connectivity index (χ1) is 9.00. The minimum absolute atomic E-state index is 0.450. The molecule has 1 N–H and O–H groups in total. The number of fused-ring (bicyclic) bond motifs is 1. The molecule has 1 aromatic carbocycles. The molecule has 0 radical (unpaired) electrons. The Morgan fingerprint density at radius 3 is 2.68 bits per heavy atom. The topological polar surface area (TPSA) is 45.5 Å². The van der Waals surface area contributed by atoms with Crippen LogP contribution in [0.4, 0.5) is 0 Å². The van der Waals surface area contributed by atoms with Gasteiger partial charge in [0.15, 0.2) is 0 Å². The van der Waals surface area contributed by atoms with Gasteiger partial charge in [-0.2, -0.15) is 0 Å². The average molecular weight is 260 g/mol. The van der Waals surface area contributed by atoms with Crippen LogP contribution in [0.3, 0.4) is 0 Å². The molecule has 0 saturated heterocycles. The molecule has 0 saturated carbocycles. The monoisotopic (exact) mass is 260 g/mol. The van der Waals surface area contributed by atoms with Crippen LogP contribution < -0.4 is 0 Å². The standard InChI is InChI=1S/C15H20N2O2/c1-16(2)9-8-12(15(18)19)13-10-17(3)14-7-5-4-6-11(13)14/h4-7,10,12H,8-9H2,1-3H3,(H,18,19). The maximum atomic E-state index is 11.5. The van der Waals surface area contributed by atoms with E-state index in [9.17, 15) is 9.90 Å². The van der Waals surface area contributed by atoms with Gasteiger partial charge in [0.1, 0.15) is 0 Å². The van der Waals surface area contributed by atoms with Gasteiger partial charge in [0.25, 0.3) is 0 Å². The summed E-state index contributed by atoms with van der Waals surface area (Å²) in [5.74, 6) is -1.20. The number of para-hydroxylation sites is 1. The van der Waals surface area contributed by atoms with E-state index < -0.39 is 11.9 Å². The highest BCUT2D eigenvalue weighted by molar-refractivity contribution is 5.89. The molecule has 102 valence electrons. The predicted octanol–water partition coefficient (Wildman–Crippen LogP) is 2.30. The quantitative estimate of drug-likeness (QED) is 0.897. The van der Waals surface area contributed by atoms with Crippen molar-refractivity contribution in [3.63, 3.8) is 0 Å². The Bertz CT molecular complexity index is 587. The van der Waals surface area contributed by atoms with Crippen LogP contribution in [-0.4, -0.2) is 41.2 Å². The van der Waals surface area contributed by atoms with Gasteiger partial charge in [-0.1, -0.05) is 18.2 Å². The number of aromatic nitrogens is 1. The van der Waals surface area contributed by atoms with Gasteiger partial charge in [-0.25, -0.2) is 0 Å². The molecule has 0 spiro atoms. The zero-order valence-corrected chi connectivity index (χ0v) is 11.6. The van der Waals surface area contributed by atoms with Crippen LogP contribution in [0.5, 0.6) is 0 Å². The number of aliphatic carboxylic acids is 1. The van der Waals surface area contributed by atoms with Crippen molar-refractivity contribution in [2.45, 2.75) is 12.3 Å². The third kappa shape index (κ3) is 2.79. The SMILES string of the molecule is CN(C)CCC(C(=O)O)c1cn(C)c2ccccc12. The number of nitrogens with zero attached hydrogens (tertiary/aromatic N) is 2. The largest absolute Gasteiger partial charge is 0.481 e. The zero-order chi connectivity index (χ0) is 14.0. The minimum Gasteiger partial charge on any atom is -0.481 e. The molecule has 0 fully saturated rings. The molecule has 0 bridgehead atoms. The summed E-state index contributed by atoms with van der Waals surface area (Å²) >= 11 is 0. The highest BCUT2D eigenvalue weighted by Crippen LogP contribution is 2.29. The Morgan fingerprint density at radius 2 is 2.05 bits per heavy atom. The van der Waals surface area contributed by atoms with Crippen LogP contribution >= 0.6 is 0 Å². The normalized spacial score (nSPS) is 13.1. The van der Waals surface area contributed by atoms with Gasteiger partial charge in [-0.05, 0) is 38.7 Å². The highest BCUT2D eigenvalue weighted by atomic mass is 16.4. The summed E-state index contributed by atoms with van der Waals surface area (Å²) in [5, 5.41) is 10.5. The van der Waals surface area contributed by atoms with E-state index in [1.54, 1.807) is 0 Å². The summed E-state index contributed by atoms with van der Waals surface area (Å²) in [7, 11) is 5.88. The van der Waals surface area contributed by atoms with Crippen molar-refractivity contribution in [3.05, 3.63) is 36.0 Å². The molecule has 4 nitrogen and oxygen atoms in total. The lowest BCUT2D eigenvalue weighted by atomic mass is 9.95. The van der Waals surface area contributed by atoms with Crippen molar-refractivity contribution in [1.29, 1.82) is 0 Å². The van der Waals surface area contributed by atoms with E-state index >= 15 is 0 Å². The zero-order valence-electron chi connectivity index (χ0n) is 11.6. The van der Waals surface area contributed by atoms with Crippen LogP contribution in [0.2, 0.25) is 0 Å². The Labute approximate surface area is 113 Å². The summed E-state index contributed by atoms with van der Waals surface area (Å²) in [4.78, 5) is 13.6. The first-order valence-electron chi connectivity index (χ1n) is 6.42. The number of carboxylic acids is 1. The van der Waals surface area contributed by atoms with Crippen molar-refractivity contribution in [3.8, 4) is 0 Å². The van der Waals surface area contributed by atoms with Crippen LogP contribution in [-0.2, 0) is 11.8 Å². The fraction of sp³-hybridized carbons (Fsp3) is 0.400. The number of hydrogen-bond acceptors (Lipinski definition) is 2. The van der Waals surface area contributed by atoms with Crippen molar-refractivity contribution in [2.75, 3.05) is 20.6 Å². The lowest BCUT2D eigenvalue weighted by molar-refractivity contribution is -0.139. The van der Waals surface area contributed by atoms with Gasteiger partial charge in [0, 0.05) is 24.1 Å². The van der Waals surface area contributed by atoms with Crippen molar-refractivity contribution < 1.29 is 9.90 Å². The van der Waals surface area contributed by atoms with Crippen molar-refractivity contribution in [2.24, 2.45) is 7.05 Å². The fourth-order valence-corrected chi connectivity index (χ4v) is 2.45. The molecule has 0 aliphatic rings. The number of carbonyl (C=O) groups is 1. The summed E-state index contributed by atoms with van der Waals surface area (Å²) in [6.07, 6.45) is 2.56. The molecule has 2 aromatic rings. The van der Waals surface area contributed by atoms with Crippen molar-refractivity contribution in [1.82, 2.24) is 9.47 Å². The molecule has 1 heterocycles. The second-order valence-corrected chi connectivity index (χ2v) is 5.20. The summed E-state index contributed by atoms with van der Waals surface area (Å²) in [6.45, 7) is 0.764. The third-order valence-electron chi connectivity index (χ3n) is 3.47. The van der Waals surface area contributed by atoms with Crippen LogP contribution in [0.15, 0.2) is 30.5 Å². The van der Waals surface area contributed by atoms with Gasteiger partial charge in [0.2, 0.25) is 0 Å². The summed E-state index contributed by atoms with van der Waals surface area (Å²) in [6, 6.07) is 7.94. The molecule has 0 amide bonds. The van der Waals surface area contributed by atoms with E-state index in [1.165, 1.54) is 0 Å². The summed E-state index contributed by atoms with van der Waals surface area (Å²) < 4.78 is 2.00. The van der Waals surface area contributed by atoms with Crippen LogP contribution in [0, 0.1) is 0 Å². The second-order valence-electron chi connectivity index (χ2n) is 5.20. The fourth-order valence-electron chi connectivity index (χ4n) is 2.45. The molecule has 1 unspecified atom stereocenters. The third-order valence-corrected chi connectivity index (χ3v) is 3.47. The molecular formula is C15H20N2O2. The van der Waals surface area contributed by atoms with Gasteiger partial charge in [0.05, 0.1) is 5.92 Å². The first-order valence-corrected chi connectivity index (χ1v) is 6.42. The van der Waals surface area contributed by atoms with Gasteiger partial charge >= 0.3 is 5.97 Å². The smallest absolute Gasteiger partial charge is 0.311 e.